The largest absolute Gasteiger partial charge is 0.507 e. The first-order valence-electron chi connectivity index (χ1n) is 7.63. The number of nitrogens with one attached hydrogen (secondary N) is 1. The van der Waals surface area contributed by atoms with E-state index in [1.807, 2.05) is 42.5 Å². The third kappa shape index (κ3) is 2.16. The van der Waals surface area contributed by atoms with Gasteiger partial charge in [0.25, 0.3) is 0 Å². The maximum atomic E-state index is 10.6. The van der Waals surface area contributed by atoms with Gasteiger partial charge in [-0.05, 0) is 29.7 Å². The van der Waals surface area contributed by atoms with Crippen molar-refractivity contribution in [2.24, 2.45) is 0 Å². The highest BCUT2D eigenvalue weighted by atomic mass is 16.3. The molecule has 5 N–H and O–H groups in total. The van der Waals surface area contributed by atoms with Gasteiger partial charge in [-0.3, -0.25) is 0 Å². The molecule has 118 valence electrons. The van der Waals surface area contributed by atoms with Gasteiger partial charge < -0.3 is 21.3 Å². The third-order valence-electron chi connectivity index (χ3n) is 4.22. The molecule has 4 aromatic rings. The molecule has 24 heavy (non-hydrogen) atoms. The first-order chi connectivity index (χ1) is 11.6. The highest BCUT2D eigenvalue weighted by Crippen LogP contribution is 2.39. The average Bonchev–Trinajstić information content (AvgIpc) is 2.60. The summed E-state index contributed by atoms with van der Waals surface area (Å²) in [6.07, 6.45) is 0. The number of fused-ring (bicyclic) bond motifs is 2. The second-order valence-electron chi connectivity index (χ2n) is 5.71. The Morgan fingerprint density at radius 2 is 1.46 bits per heavy atom. The molecule has 0 amide bonds. The number of aromatic hydroxyl groups is 2. The van der Waals surface area contributed by atoms with Crippen LogP contribution >= 0.6 is 0 Å². The van der Waals surface area contributed by atoms with Crippen LogP contribution in [0.2, 0.25) is 0 Å². The minimum atomic E-state index is 0.172. The van der Waals surface area contributed by atoms with Crippen molar-refractivity contribution < 1.29 is 10.2 Å². The summed E-state index contributed by atoms with van der Waals surface area (Å²) in [5.74, 6) is 0.356. The van der Waals surface area contributed by atoms with Crippen molar-refractivity contribution >= 4 is 38.6 Å². The van der Waals surface area contributed by atoms with E-state index in [0.29, 0.717) is 16.8 Å². The molecule has 4 aromatic carbocycles. The summed E-state index contributed by atoms with van der Waals surface area (Å²) in [7, 11) is 0. The topological polar surface area (TPSA) is 78.5 Å². The van der Waals surface area contributed by atoms with E-state index in [2.05, 4.69) is 5.32 Å². The Balaban J connectivity index is 1.89. The molecule has 4 rings (SSSR count). The zero-order chi connectivity index (χ0) is 16.7. The van der Waals surface area contributed by atoms with E-state index in [1.165, 1.54) is 0 Å². The lowest BCUT2D eigenvalue weighted by atomic mass is 10.0. The summed E-state index contributed by atoms with van der Waals surface area (Å²) in [5.41, 5.74) is 7.97. The molecule has 0 aliphatic heterocycles. The number of nitrogens with two attached hydrogens (primary N) is 1. The maximum absolute atomic E-state index is 10.6. The smallest absolute Gasteiger partial charge is 0.146 e. The summed E-state index contributed by atoms with van der Waals surface area (Å²) in [4.78, 5) is 0. The van der Waals surface area contributed by atoms with Crippen molar-refractivity contribution in [2.45, 2.75) is 0 Å². The van der Waals surface area contributed by atoms with Crippen molar-refractivity contribution in [1.29, 1.82) is 0 Å². The average molecular weight is 316 g/mol. The number of phenolic OH excluding ortho intramolecular Hbond substituents is 2. The summed E-state index contributed by atoms with van der Waals surface area (Å²) in [6.45, 7) is 0. The summed E-state index contributed by atoms with van der Waals surface area (Å²) in [6, 6.07) is 20.2. The third-order valence-corrected chi connectivity index (χ3v) is 4.22. The van der Waals surface area contributed by atoms with Gasteiger partial charge in [0.2, 0.25) is 0 Å². The Labute approximate surface area is 138 Å². The Hall–Kier alpha value is -3.40. The monoisotopic (exact) mass is 316 g/mol. The molecule has 0 atom stereocenters. The van der Waals surface area contributed by atoms with Gasteiger partial charge in [-0.2, -0.15) is 0 Å². The fraction of sp³-hybridized carbons (Fsp3) is 0. The Morgan fingerprint density at radius 3 is 2.33 bits per heavy atom. The van der Waals surface area contributed by atoms with Crippen LogP contribution in [0.15, 0.2) is 66.7 Å². The van der Waals surface area contributed by atoms with E-state index in [1.54, 1.807) is 24.3 Å². The predicted octanol–water partition coefficient (Wildman–Crippen LogP) is 4.73. The van der Waals surface area contributed by atoms with Crippen LogP contribution in [0.1, 0.15) is 0 Å². The fourth-order valence-corrected chi connectivity index (χ4v) is 3.02. The van der Waals surface area contributed by atoms with Crippen LogP contribution < -0.4 is 11.1 Å². The summed E-state index contributed by atoms with van der Waals surface area (Å²) >= 11 is 0. The lowest BCUT2D eigenvalue weighted by molar-refractivity contribution is 0.482. The van der Waals surface area contributed by atoms with Gasteiger partial charge >= 0.3 is 0 Å². The van der Waals surface area contributed by atoms with Crippen LogP contribution in [0.4, 0.5) is 17.1 Å². The molecular formula is C20H16N2O2. The number of rotatable bonds is 2. The quantitative estimate of drug-likeness (QED) is 0.245. The SMILES string of the molecule is Nc1cccc2c(O)ccc(Nc3ccc4ccccc4c3O)c12. The number of benzene rings is 4. The molecule has 0 aliphatic carbocycles. The zero-order valence-electron chi connectivity index (χ0n) is 12.8. The van der Waals surface area contributed by atoms with Gasteiger partial charge in [0, 0.05) is 27.5 Å². The van der Waals surface area contributed by atoms with E-state index in [9.17, 15) is 10.2 Å². The standard InChI is InChI=1S/C20H16N2O2/c21-15-7-3-6-14-18(23)11-10-16(19(14)15)22-17-9-8-12-4-1-2-5-13(12)20(17)24/h1-11,22-24H,21H2. The van der Waals surface area contributed by atoms with Gasteiger partial charge in [-0.15, -0.1) is 0 Å². The summed E-state index contributed by atoms with van der Waals surface area (Å²) in [5, 5.41) is 27.0. The first-order valence-corrected chi connectivity index (χ1v) is 7.63. The minimum Gasteiger partial charge on any atom is -0.507 e. The van der Waals surface area contributed by atoms with Crippen LogP contribution in [0.3, 0.4) is 0 Å². The maximum Gasteiger partial charge on any atom is 0.146 e. The lowest BCUT2D eigenvalue weighted by Crippen LogP contribution is -1.95. The molecule has 0 fully saturated rings. The lowest BCUT2D eigenvalue weighted by Gasteiger charge is -2.14. The predicted molar refractivity (Wildman–Crippen MR) is 98.9 cm³/mol. The number of nitrogen functional groups attached to an aromatic ring is 1. The van der Waals surface area contributed by atoms with Gasteiger partial charge in [-0.25, -0.2) is 0 Å². The van der Waals surface area contributed by atoms with Crippen LogP contribution in [-0.4, -0.2) is 10.2 Å². The van der Waals surface area contributed by atoms with E-state index in [4.69, 9.17) is 5.73 Å². The Morgan fingerprint density at radius 1 is 0.708 bits per heavy atom. The Kier molecular flexibility index (Phi) is 3.17. The first kappa shape index (κ1) is 14.2. The molecule has 0 bridgehead atoms. The molecule has 0 radical (unpaired) electrons. The second-order valence-corrected chi connectivity index (χ2v) is 5.71. The van der Waals surface area contributed by atoms with E-state index in [0.717, 1.165) is 21.8 Å². The van der Waals surface area contributed by atoms with Crippen molar-refractivity contribution in [1.82, 2.24) is 0 Å². The van der Waals surface area contributed by atoms with Crippen LogP contribution in [0.5, 0.6) is 11.5 Å². The molecule has 4 nitrogen and oxygen atoms in total. The van der Waals surface area contributed by atoms with Crippen molar-refractivity contribution in [3.05, 3.63) is 66.7 Å². The normalized spacial score (nSPS) is 11.0. The molecule has 0 spiro atoms. The number of anilines is 3. The van der Waals surface area contributed by atoms with Crippen LogP contribution in [0.25, 0.3) is 21.5 Å². The van der Waals surface area contributed by atoms with Crippen molar-refractivity contribution in [2.75, 3.05) is 11.1 Å². The molecule has 4 heteroatoms. The summed E-state index contributed by atoms with van der Waals surface area (Å²) < 4.78 is 0. The Bertz CT molecular complexity index is 1070. The molecule has 0 aliphatic rings. The minimum absolute atomic E-state index is 0.172. The number of phenols is 2. The van der Waals surface area contributed by atoms with E-state index < -0.39 is 0 Å². The fourth-order valence-electron chi connectivity index (χ4n) is 3.02. The van der Waals surface area contributed by atoms with E-state index >= 15 is 0 Å². The molecule has 0 aromatic heterocycles. The van der Waals surface area contributed by atoms with Gasteiger partial charge in [-0.1, -0.05) is 42.5 Å². The molecule has 0 unspecified atom stereocenters. The van der Waals surface area contributed by atoms with Gasteiger partial charge in [0.1, 0.15) is 11.5 Å². The number of hydrogen-bond acceptors (Lipinski definition) is 4. The molecular weight excluding hydrogens is 300 g/mol. The molecule has 0 heterocycles. The number of hydrogen-bond donors (Lipinski definition) is 4. The zero-order valence-corrected chi connectivity index (χ0v) is 12.8. The molecule has 0 saturated heterocycles. The van der Waals surface area contributed by atoms with Gasteiger partial charge in [0.15, 0.2) is 0 Å². The van der Waals surface area contributed by atoms with E-state index in [-0.39, 0.29) is 11.5 Å². The van der Waals surface area contributed by atoms with Crippen LogP contribution in [0, 0.1) is 0 Å². The van der Waals surface area contributed by atoms with Crippen molar-refractivity contribution in [3.63, 3.8) is 0 Å². The molecule has 0 saturated carbocycles. The highest BCUT2D eigenvalue weighted by molar-refractivity contribution is 6.07. The van der Waals surface area contributed by atoms with Crippen molar-refractivity contribution in [3.8, 4) is 11.5 Å². The van der Waals surface area contributed by atoms with Gasteiger partial charge in [0.05, 0.1) is 5.69 Å². The second kappa shape index (κ2) is 5.35. The highest BCUT2D eigenvalue weighted by Gasteiger charge is 2.11. The van der Waals surface area contributed by atoms with Crippen LogP contribution in [-0.2, 0) is 0 Å².